The molecule has 102 valence electrons. The second kappa shape index (κ2) is 6.69. The molecule has 1 N–H and O–H groups in total. The average Bonchev–Trinajstić information content (AvgIpc) is 2.26. The van der Waals surface area contributed by atoms with Crippen LogP contribution in [-0.4, -0.2) is 20.1 Å². The summed E-state index contributed by atoms with van der Waals surface area (Å²) in [5, 5.41) is 2.89. The van der Waals surface area contributed by atoms with Gasteiger partial charge < -0.3 is 10.2 Å². The molecule has 0 saturated heterocycles. The van der Waals surface area contributed by atoms with E-state index in [-0.39, 0.29) is 5.69 Å². The number of anilines is 1. The van der Waals surface area contributed by atoms with Crippen LogP contribution >= 0.6 is 0 Å². The van der Waals surface area contributed by atoms with Crippen molar-refractivity contribution in [3.8, 4) is 0 Å². The molecule has 1 rings (SSSR count). The van der Waals surface area contributed by atoms with Crippen LogP contribution in [0.4, 0.5) is 14.5 Å². The molecule has 2 nitrogen and oxygen atoms in total. The first kappa shape index (κ1) is 14.9. The summed E-state index contributed by atoms with van der Waals surface area (Å²) >= 11 is 0. The summed E-state index contributed by atoms with van der Waals surface area (Å²) in [6.45, 7) is 7.68. The van der Waals surface area contributed by atoms with Crippen molar-refractivity contribution in [2.45, 2.75) is 27.3 Å². The van der Waals surface area contributed by atoms with Crippen molar-refractivity contribution in [3.05, 3.63) is 29.3 Å². The van der Waals surface area contributed by atoms with E-state index in [1.165, 1.54) is 12.1 Å². The lowest BCUT2D eigenvalue weighted by Crippen LogP contribution is -2.29. The lowest BCUT2D eigenvalue weighted by atomic mass is 10.1. The number of nitrogens with one attached hydrogen (secondary N) is 1. The van der Waals surface area contributed by atoms with Crippen molar-refractivity contribution in [3.63, 3.8) is 0 Å². The van der Waals surface area contributed by atoms with E-state index in [1.807, 2.05) is 20.8 Å². The topological polar surface area (TPSA) is 15.3 Å². The minimum absolute atomic E-state index is 0.0889. The number of rotatable bonds is 6. The monoisotopic (exact) mass is 256 g/mol. The molecular formula is C14H22F2N2. The zero-order valence-electron chi connectivity index (χ0n) is 11.6. The summed E-state index contributed by atoms with van der Waals surface area (Å²) in [6.07, 6.45) is 0. The van der Waals surface area contributed by atoms with Gasteiger partial charge in [0.25, 0.3) is 0 Å². The van der Waals surface area contributed by atoms with E-state index in [4.69, 9.17) is 0 Å². The molecule has 0 unspecified atom stereocenters. The Hall–Kier alpha value is -1.16. The van der Waals surface area contributed by atoms with Crippen molar-refractivity contribution in [1.82, 2.24) is 5.32 Å². The van der Waals surface area contributed by atoms with Crippen LogP contribution in [0.5, 0.6) is 0 Å². The van der Waals surface area contributed by atoms with E-state index in [1.54, 1.807) is 11.9 Å². The van der Waals surface area contributed by atoms with Crippen LogP contribution in [0.3, 0.4) is 0 Å². The molecule has 0 aliphatic rings. The van der Waals surface area contributed by atoms with Crippen LogP contribution < -0.4 is 10.2 Å². The summed E-state index contributed by atoms with van der Waals surface area (Å²) in [6, 6.07) is 2.80. The van der Waals surface area contributed by atoms with E-state index < -0.39 is 11.6 Å². The Morgan fingerprint density at radius 3 is 2.17 bits per heavy atom. The minimum Gasteiger partial charge on any atom is -0.367 e. The highest BCUT2D eigenvalue weighted by atomic mass is 19.1. The van der Waals surface area contributed by atoms with Crippen LogP contribution in [-0.2, 0) is 6.54 Å². The van der Waals surface area contributed by atoms with Crippen molar-refractivity contribution >= 4 is 5.69 Å². The zero-order chi connectivity index (χ0) is 13.7. The molecule has 0 amide bonds. The number of hydrogen-bond acceptors (Lipinski definition) is 2. The maximum Gasteiger partial charge on any atom is 0.149 e. The molecule has 0 fully saturated rings. The second-order valence-electron chi connectivity index (χ2n) is 4.87. The minimum atomic E-state index is -0.484. The molecule has 0 spiro atoms. The van der Waals surface area contributed by atoms with E-state index in [0.717, 1.165) is 0 Å². The van der Waals surface area contributed by atoms with Crippen molar-refractivity contribution in [2.24, 2.45) is 5.92 Å². The highest BCUT2D eigenvalue weighted by molar-refractivity contribution is 5.50. The molecule has 18 heavy (non-hydrogen) atoms. The van der Waals surface area contributed by atoms with Gasteiger partial charge in [-0.15, -0.1) is 0 Å². The van der Waals surface area contributed by atoms with Crippen LogP contribution in [0.2, 0.25) is 0 Å². The second-order valence-corrected chi connectivity index (χ2v) is 4.87. The number of benzene rings is 1. The Morgan fingerprint density at radius 2 is 1.78 bits per heavy atom. The van der Waals surface area contributed by atoms with Gasteiger partial charge in [0.1, 0.15) is 17.3 Å². The molecule has 0 aliphatic carbocycles. The predicted octanol–water partition coefficient (Wildman–Crippen LogP) is 3.17. The molecule has 0 heterocycles. The van der Waals surface area contributed by atoms with E-state index in [0.29, 0.717) is 31.1 Å². The quantitative estimate of drug-likeness (QED) is 0.841. The Balaban J connectivity index is 3.07. The van der Waals surface area contributed by atoms with Gasteiger partial charge in [0.05, 0.1) is 0 Å². The van der Waals surface area contributed by atoms with Gasteiger partial charge in [0, 0.05) is 19.6 Å². The maximum absolute atomic E-state index is 14.0. The summed E-state index contributed by atoms with van der Waals surface area (Å²) in [5.41, 5.74) is 0.711. The van der Waals surface area contributed by atoms with Crippen LogP contribution in [0.1, 0.15) is 26.3 Å². The molecule has 4 heteroatoms. The van der Waals surface area contributed by atoms with Crippen LogP contribution in [0.25, 0.3) is 0 Å². The maximum atomic E-state index is 14.0. The fourth-order valence-electron chi connectivity index (χ4n) is 2.05. The van der Waals surface area contributed by atoms with E-state index >= 15 is 0 Å². The third-order valence-corrected chi connectivity index (χ3v) is 2.74. The zero-order valence-corrected chi connectivity index (χ0v) is 11.6. The van der Waals surface area contributed by atoms with Gasteiger partial charge in [-0.2, -0.15) is 0 Å². The number of hydrogen-bond donors (Lipinski definition) is 1. The summed E-state index contributed by atoms with van der Waals surface area (Å²) < 4.78 is 28.0. The summed E-state index contributed by atoms with van der Waals surface area (Å²) in [5.74, 6) is -0.605. The van der Waals surface area contributed by atoms with Gasteiger partial charge in [-0.25, -0.2) is 8.78 Å². The molecule has 1 aromatic rings. The lowest BCUT2D eigenvalue weighted by Gasteiger charge is -2.26. The van der Waals surface area contributed by atoms with Gasteiger partial charge in [0.2, 0.25) is 0 Å². The molecule has 0 saturated carbocycles. The fraction of sp³-hybridized carbons (Fsp3) is 0.571. The van der Waals surface area contributed by atoms with Gasteiger partial charge in [-0.1, -0.05) is 13.8 Å². The Morgan fingerprint density at radius 1 is 1.22 bits per heavy atom. The van der Waals surface area contributed by atoms with E-state index in [2.05, 4.69) is 5.32 Å². The van der Waals surface area contributed by atoms with Crippen molar-refractivity contribution in [1.29, 1.82) is 0 Å². The predicted molar refractivity (Wildman–Crippen MR) is 71.8 cm³/mol. The Bertz CT molecular complexity index is 368. The third-order valence-electron chi connectivity index (χ3n) is 2.74. The van der Waals surface area contributed by atoms with Crippen LogP contribution in [0, 0.1) is 17.6 Å². The summed E-state index contributed by atoms with van der Waals surface area (Å²) in [4.78, 5) is 1.75. The standard InChI is InChI=1S/C14H22F2N2/c1-5-18(9-10(2)3)14-12(15)6-11(8-17-4)7-13(14)16/h6-7,10,17H,5,8-9H2,1-4H3. The smallest absolute Gasteiger partial charge is 0.149 e. The highest BCUT2D eigenvalue weighted by Crippen LogP contribution is 2.25. The highest BCUT2D eigenvalue weighted by Gasteiger charge is 2.17. The molecule has 0 radical (unpaired) electrons. The molecule has 0 aromatic heterocycles. The third kappa shape index (κ3) is 3.67. The normalized spacial score (nSPS) is 11.1. The van der Waals surface area contributed by atoms with Gasteiger partial charge in [-0.05, 0) is 37.6 Å². The SMILES string of the molecule is CCN(CC(C)C)c1c(F)cc(CNC)cc1F. The molecule has 0 aliphatic heterocycles. The number of halogens is 2. The first-order chi connectivity index (χ1) is 8.49. The number of nitrogens with zero attached hydrogens (tertiary/aromatic N) is 1. The molecular weight excluding hydrogens is 234 g/mol. The largest absolute Gasteiger partial charge is 0.367 e. The van der Waals surface area contributed by atoms with Gasteiger partial charge in [-0.3, -0.25) is 0 Å². The first-order valence-electron chi connectivity index (χ1n) is 6.37. The van der Waals surface area contributed by atoms with Crippen molar-refractivity contribution < 1.29 is 8.78 Å². The van der Waals surface area contributed by atoms with Gasteiger partial charge >= 0.3 is 0 Å². The molecule has 1 aromatic carbocycles. The molecule has 0 atom stereocenters. The fourth-order valence-corrected chi connectivity index (χ4v) is 2.05. The van der Waals surface area contributed by atoms with Crippen molar-refractivity contribution in [2.75, 3.05) is 25.0 Å². The summed E-state index contributed by atoms with van der Waals surface area (Å²) in [7, 11) is 1.75. The Kier molecular flexibility index (Phi) is 5.54. The average molecular weight is 256 g/mol. The lowest BCUT2D eigenvalue weighted by molar-refractivity contribution is 0.548. The van der Waals surface area contributed by atoms with Gasteiger partial charge in [0.15, 0.2) is 0 Å². The first-order valence-corrected chi connectivity index (χ1v) is 6.37. The van der Waals surface area contributed by atoms with E-state index in [9.17, 15) is 8.78 Å². The molecule has 0 bridgehead atoms. The van der Waals surface area contributed by atoms with Crippen LogP contribution in [0.15, 0.2) is 12.1 Å². The Labute approximate surface area is 108 Å².